The number of amides is 1. The third-order valence-electron chi connectivity index (χ3n) is 4.85. The van der Waals surface area contributed by atoms with Crippen molar-refractivity contribution in [1.29, 1.82) is 0 Å². The van der Waals surface area contributed by atoms with E-state index in [1.54, 1.807) is 14.2 Å². The van der Waals surface area contributed by atoms with Crippen molar-refractivity contribution in [2.75, 3.05) is 20.8 Å². The summed E-state index contributed by atoms with van der Waals surface area (Å²) >= 11 is 0. The minimum absolute atomic E-state index is 0.152. The van der Waals surface area contributed by atoms with Crippen LogP contribution in [0.2, 0.25) is 0 Å². The molecule has 122 valence electrons. The second kappa shape index (κ2) is 6.90. The van der Waals surface area contributed by atoms with Gasteiger partial charge in [-0.25, -0.2) is 0 Å². The number of ether oxygens (including phenoxy) is 2. The molecule has 0 saturated carbocycles. The Balaban J connectivity index is 1.82. The van der Waals surface area contributed by atoms with Gasteiger partial charge >= 0.3 is 0 Å². The summed E-state index contributed by atoms with van der Waals surface area (Å²) in [5.41, 5.74) is 4.05. The molecule has 4 heteroatoms. The lowest BCUT2D eigenvalue weighted by molar-refractivity contribution is -0.119. The summed E-state index contributed by atoms with van der Waals surface area (Å²) in [6, 6.07) is 8.26. The van der Waals surface area contributed by atoms with E-state index in [4.69, 9.17) is 9.47 Å². The molecule has 0 saturated heterocycles. The molecule has 1 aliphatic heterocycles. The first kappa shape index (κ1) is 15.7. The number of hydrogen-bond acceptors (Lipinski definition) is 3. The van der Waals surface area contributed by atoms with Gasteiger partial charge in [-0.3, -0.25) is 4.79 Å². The number of carbonyl (C=O) groups excluding carboxylic acids is 1. The van der Waals surface area contributed by atoms with Crippen LogP contribution in [0, 0.1) is 0 Å². The number of rotatable bonds is 5. The van der Waals surface area contributed by atoms with Gasteiger partial charge in [0, 0.05) is 13.0 Å². The first-order valence-corrected chi connectivity index (χ1v) is 8.03. The molecule has 0 spiro atoms. The topological polar surface area (TPSA) is 38.8 Å². The SMILES string of the molecule is COC1=CCC2=C(CCN(C=O)C2Cc2ccc(OC)cc2)C1. The number of hydrogen-bond donors (Lipinski definition) is 0. The highest BCUT2D eigenvalue weighted by Crippen LogP contribution is 2.35. The zero-order valence-electron chi connectivity index (χ0n) is 13.7. The Labute approximate surface area is 137 Å². The molecule has 1 aromatic rings. The average Bonchev–Trinajstić information content (AvgIpc) is 2.62. The van der Waals surface area contributed by atoms with Gasteiger partial charge in [-0.1, -0.05) is 17.7 Å². The third kappa shape index (κ3) is 3.26. The zero-order valence-corrected chi connectivity index (χ0v) is 13.7. The highest BCUT2D eigenvalue weighted by molar-refractivity contribution is 5.52. The van der Waals surface area contributed by atoms with Gasteiger partial charge < -0.3 is 14.4 Å². The number of nitrogens with zero attached hydrogens (tertiary/aromatic N) is 1. The van der Waals surface area contributed by atoms with Gasteiger partial charge in [0.05, 0.1) is 26.0 Å². The van der Waals surface area contributed by atoms with Gasteiger partial charge in [0.25, 0.3) is 0 Å². The zero-order chi connectivity index (χ0) is 16.2. The minimum Gasteiger partial charge on any atom is -0.501 e. The van der Waals surface area contributed by atoms with E-state index < -0.39 is 0 Å². The lowest BCUT2D eigenvalue weighted by atomic mass is 9.83. The number of benzene rings is 1. The van der Waals surface area contributed by atoms with E-state index in [1.807, 2.05) is 17.0 Å². The predicted molar refractivity (Wildman–Crippen MR) is 89.2 cm³/mol. The second-order valence-corrected chi connectivity index (χ2v) is 6.05. The monoisotopic (exact) mass is 313 g/mol. The Bertz CT molecular complexity index is 631. The van der Waals surface area contributed by atoms with Crippen molar-refractivity contribution in [2.24, 2.45) is 0 Å². The molecule has 0 fully saturated rings. The quantitative estimate of drug-likeness (QED) is 0.619. The van der Waals surface area contributed by atoms with Crippen molar-refractivity contribution in [3.63, 3.8) is 0 Å². The van der Waals surface area contributed by atoms with Gasteiger partial charge in [-0.15, -0.1) is 0 Å². The van der Waals surface area contributed by atoms with Gasteiger partial charge in [0.1, 0.15) is 5.75 Å². The number of methoxy groups -OCH3 is 2. The summed E-state index contributed by atoms with van der Waals surface area (Å²) in [7, 11) is 3.40. The maximum absolute atomic E-state index is 11.5. The largest absolute Gasteiger partial charge is 0.501 e. The van der Waals surface area contributed by atoms with E-state index in [9.17, 15) is 4.79 Å². The lowest BCUT2D eigenvalue weighted by Crippen LogP contribution is -2.42. The maximum Gasteiger partial charge on any atom is 0.210 e. The molecule has 1 unspecified atom stereocenters. The normalized spacial score (nSPS) is 20.7. The first-order chi connectivity index (χ1) is 11.2. The molecular weight excluding hydrogens is 290 g/mol. The Morgan fingerprint density at radius 3 is 2.65 bits per heavy atom. The van der Waals surface area contributed by atoms with Crippen molar-refractivity contribution in [2.45, 2.75) is 31.7 Å². The summed E-state index contributed by atoms with van der Waals surface area (Å²) in [6.45, 7) is 0.792. The molecule has 23 heavy (non-hydrogen) atoms. The minimum atomic E-state index is 0.152. The highest BCUT2D eigenvalue weighted by Gasteiger charge is 2.30. The van der Waals surface area contributed by atoms with Crippen molar-refractivity contribution in [3.05, 3.63) is 52.8 Å². The standard InChI is InChI=1S/C19H23NO3/c1-22-16-5-3-14(4-6-16)11-19-18-8-7-17(23-2)12-15(18)9-10-20(19)13-21/h3-7,13,19H,8-12H2,1-2H3. The Hall–Kier alpha value is -2.23. The second-order valence-electron chi connectivity index (χ2n) is 6.05. The molecule has 1 atom stereocenters. The van der Waals surface area contributed by atoms with E-state index >= 15 is 0 Å². The Morgan fingerprint density at radius 1 is 1.22 bits per heavy atom. The van der Waals surface area contributed by atoms with E-state index in [0.29, 0.717) is 0 Å². The highest BCUT2D eigenvalue weighted by atomic mass is 16.5. The van der Waals surface area contributed by atoms with Gasteiger partial charge in [0.15, 0.2) is 0 Å². The lowest BCUT2D eigenvalue weighted by Gasteiger charge is -2.38. The molecule has 2 aliphatic rings. The molecule has 1 amide bonds. The molecule has 3 rings (SSSR count). The fourth-order valence-electron chi connectivity index (χ4n) is 3.51. The summed E-state index contributed by atoms with van der Waals surface area (Å²) < 4.78 is 10.6. The van der Waals surface area contributed by atoms with E-state index in [0.717, 1.165) is 50.1 Å². The maximum atomic E-state index is 11.5. The third-order valence-corrected chi connectivity index (χ3v) is 4.85. The van der Waals surface area contributed by atoms with Crippen LogP contribution in [0.1, 0.15) is 24.8 Å². The fourth-order valence-corrected chi connectivity index (χ4v) is 3.51. The van der Waals surface area contributed by atoms with Crippen LogP contribution in [0.25, 0.3) is 0 Å². The van der Waals surface area contributed by atoms with Gasteiger partial charge in [-0.05, 0) is 48.6 Å². The Morgan fingerprint density at radius 2 is 2.00 bits per heavy atom. The summed E-state index contributed by atoms with van der Waals surface area (Å²) in [6.07, 6.45) is 6.70. The van der Waals surface area contributed by atoms with Crippen LogP contribution in [-0.4, -0.2) is 38.1 Å². The van der Waals surface area contributed by atoms with Crippen LogP contribution in [0.5, 0.6) is 5.75 Å². The van der Waals surface area contributed by atoms with Crippen LogP contribution < -0.4 is 4.74 Å². The molecule has 1 aliphatic carbocycles. The van der Waals surface area contributed by atoms with Crippen LogP contribution in [0.3, 0.4) is 0 Å². The Kier molecular flexibility index (Phi) is 4.70. The molecule has 4 nitrogen and oxygen atoms in total. The first-order valence-electron chi connectivity index (χ1n) is 8.03. The molecule has 1 aromatic carbocycles. The smallest absolute Gasteiger partial charge is 0.210 e. The molecule has 0 aromatic heterocycles. The molecule has 0 bridgehead atoms. The van der Waals surface area contributed by atoms with Crippen molar-refractivity contribution in [3.8, 4) is 5.75 Å². The summed E-state index contributed by atoms with van der Waals surface area (Å²) in [4.78, 5) is 13.4. The molecular formula is C19H23NO3. The van der Waals surface area contributed by atoms with Crippen LogP contribution in [0.4, 0.5) is 0 Å². The molecule has 1 heterocycles. The van der Waals surface area contributed by atoms with E-state index in [-0.39, 0.29) is 6.04 Å². The summed E-state index contributed by atoms with van der Waals surface area (Å²) in [5.74, 6) is 1.90. The van der Waals surface area contributed by atoms with Crippen molar-refractivity contribution < 1.29 is 14.3 Å². The fraction of sp³-hybridized carbons (Fsp3) is 0.421. The average molecular weight is 313 g/mol. The van der Waals surface area contributed by atoms with Gasteiger partial charge in [-0.2, -0.15) is 0 Å². The number of carbonyl (C=O) groups is 1. The van der Waals surface area contributed by atoms with Crippen molar-refractivity contribution in [1.82, 2.24) is 4.90 Å². The molecule has 0 radical (unpaired) electrons. The van der Waals surface area contributed by atoms with Crippen LogP contribution in [0.15, 0.2) is 47.2 Å². The number of allylic oxidation sites excluding steroid dienone is 2. The van der Waals surface area contributed by atoms with Crippen molar-refractivity contribution >= 4 is 6.41 Å². The van der Waals surface area contributed by atoms with Crippen LogP contribution >= 0.6 is 0 Å². The van der Waals surface area contributed by atoms with E-state index in [1.165, 1.54) is 16.7 Å². The predicted octanol–water partition coefficient (Wildman–Crippen LogP) is 3.09. The molecule has 0 N–H and O–H groups in total. The summed E-state index contributed by atoms with van der Waals surface area (Å²) in [5, 5.41) is 0. The van der Waals surface area contributed by atoms with Gasteiger partial charge in [0.2, 0.25) is 6.41 Å². The van der Waals surface area contributed by atoms with Crippen LogP contribution in [-0.2, 0) is 16.0 Å². The van der Waals surface area contributed by atoms with E-state index in [2.05, 4.69) is 18.2 Å².